The Labute approximate surface area is 105 Å². The predicted octanol–water partition coefficient (Wildman–Crippen LogP) is 0.640. The molecular weight excluding hydrogens is 238 g/mol. The number of carbonyl (C=O) groups is 1. The Morgan fingerprint density at radius 1 is 1.76 bits per heavy atom. The molecule has 0 aromatic carbocycles. The van der Waals surface area contributed by atoms with Gasteiger partial charge in [-0.1, -0.05) is 0 Å². The second-order valence-electron chi connectivity index (χ2n) is 4.26. The molecule has 6 heteroatoms. The van der Waals surface area contributed by atoms with E-state index in [1.807, 2.05) is 13.8 Å². The van der Waals surface area contributed by atoms with Crippen molar-refractivity contribution in [2.45, 2.75) is 26.0 Å². The molecule has 0 bridgehead atoms. The van der Waals surface area contributed by atoms with E-state index in [2.05, 4.69) is 4.98 Å². The van der Waals surface area contributed by atoms with Crippen molar-refractivity contribution in [1.82, 2.24) is 9.88 Å². The maximum atomic E-state index is 12.2. The zero-order chi connectivity index (χ0) is 12.4. The molecule has 1 aromatic heterocycles. The van der Waals surface area contributed by atoms with Gasteiger partial charge in [-0.15, -0.1) is 11.3 Å². The van der Waals surface area contributed by atoms with E-state index < -0.39 is 0 Å². The number of amides is 1. The minimum Gasteiger partial charge on any atom is -0.373 e. The molecule has 17 heavy (non-hydrogen) atoms. The summed E-state index contributed by atoms with van der Waals surface area (Å²) in [6.07, 6.45) is 1.57. The first kappa shape index (κ1) is 12.5. The lowest BCUT2D eigenvalue weighted by Crippen LogP contribution is -2.51. The first-order valence-corrected chi connectivity index (χ1v) is 6.48. The zero-order valence-corrected chi connectivity index (χ0v) is 10.9. The lowest BCUT2D eigenvalue weighted by Gasteiger charge is -2.34. The van der Waals surface area contributed by atoms with Gasteiger partial charge in [-0.3, -0.25) is 4.79 Å². The fourth-order valence-corrected chi connectivity index (χ4v) is 2.54. The normalized spacial score (nSPS) is 22.5. The molecule has 1 aliphatic heterocycles. The van der Waals surface area contributed by atoms with Gasteiger partial charge < -0.3 is 15.4 Å². The number of carbonyl (C=O) groups excluding carboxylic acids is 1. The van der Waals surface area contributed by atoms with E-state index in [-0.39, 0.29) is 18.1 Å². The van der Waals surface area contributed by atoms with Crippen LogP contribution >= 0.6 is 11.3 Å². The third-order valence-corrected chi connectivity index (χ3v) is 3.70. The number of rotatable bonds is 2. The Hall–Kier alpha value is -0.980. The van der Waals surface area contributed by atoms with Gasteiger partial charge >= 0.3 is 0 Å². The molecule has 5 nitrogen and oxygen atoms in total. The number of aromatic nitrogens is 1. The highest BCUT2D eigenvalue weighted by Crippen LogP contribution is 2.17. The van der Waals surface area contributed by atoms with E-state index in [0.29, 0.717) is 24.6 Å². The van der Waals surface area contributed by atoms with Crippen LogP contribution in [-0.2, 0) is 4.74 Å². The smallest absolute Gasteiger partial charge is 0.265 e. The number of morpholine rings is 1. The second kappa shape index (κ2) is 5.12. The van der Waals surface area contributed by atoms with E-state index in [1.54, 1.807) is 11.1 Å². The SMILES string of the molecule is Cc1ncc(C(=O)N2CCOC(C(C)N)C2)s1. The van der Waals surface area contributed by atoms with Crippen LogP contribution in [0.5, 0.6) is 0 Å². The largest absolute Gasteiger partial charge is 0.373 e. The molecule has 0 saturated carbocycles. The van der Waals surface area contributed by atoms with Gasteiger partial charge in [0.2, 0.25) is 0 Å². The molecule has 1 amide bonds. The molecule has 2 atom stereocenters. The van der Waals surface area contributed by atoms with Crippen molar-refractivity contribution in [2.24, 2.45) is 5.73 Å². The van der Waals surface area contributed by atoms with Crippen molar-refractivity contribution >= 4 is 17.2 Å². The Morgan fingerprint density at radius 2 is 2.53 bits per heavy atom. The predicted molar refractivity (Wildman–Crippen MR) is 66.1 cm³/mol. The summed E-state index contributed by atoms with van der Waals surface area (Å²) in [7, 11) is 0. The molecule has 2 unspecified atom stereocenters. The molecule has 1 fully saturated rings. The Morgan fingerprint density at radius 3 is 3.12 bits per heavy atom. The standard InChI is InChI=1S/C11H17N3O2S/c1-7(12)9-6-14(3-4-16-9)11(15)10-5-13-8(2)17-10/h5,7,9H,3-4,6,12H2,1-2H3. The minimum absolute atomic E-state index is 0.0320. The molecule has 0 spiro atoms. The topological polar surface area (TPSA) is 68.5 Å². The zero-order valence-electron chi connectivity index (χ0n) is 10.0. The molecule has 1 aromatic rings. The summed E-state index contributed by atoms with van der Waals surface area (Å²) < 4.78 is 5.53. The number of aryl methyl sites for hydroxylation is 1. The van der Waals surface area contributed by atoms with E-state index in [0.717, 1.165) is 5.01 Å². The molecule has 0 aliphatic carbocycles. The molecule has 0 radical (unpaired) electrons. The van der Waals surface area contributed by atoms with Crippen molar-refractivity contribution in [3.8, 4) is 0 Å². The van der Waals surface area contributed by atoms with E-state index in [4.69, 9.17) is 10.5 Å². The second-order valence-corrected chi connectivity index (χ2v) is 5.50. The van der Waals surface area contributed by atoms with Gasteiger partial charge in [-0.25, -0.2) is 4.98 Å². The molecule has 1 saturated heterocycles. The summed E-state index contributed by atoms with van der Waals surface area (Å²) in [6, 6.07) is -0.0613. The number of nitrogens with two attached hydrogens (primary N) is 1. The molecule has 2 rings (SSSR count). The number of hydrogen-bond donors (Lipinski definition) is 1. The quantitative estimate of drug-likeness (QED) is 0.842. The van der Waals surface area contributed by atoms with Gasteiger partial charge in [0.15, 0.2) is 0 Å². The third-order valence-electron chi connectivity index (χ3n) is 2.80. The molecule has 1 aliphatic rings. The third kappa shape index (κ3) is 2.83. The van der Waals surface area contributed by atoms with Gasteiger partial charge in [0.05, 0.1) is 23.9 Å². The molecular formula is C11H17N3O2S. The highest BCUT2D eigenvalue weighted by atomic mass is 32.1. The van der Waals surface area contributed by atoms with E-state index >= 15 is 0 Å². The van der Waals surface area contributed by atoms with Gasteiger partial charge in [0.1, 0.15) is 4.88 Å². The Balaban J connectivity index is 2.04. The maximum Gasteiger partial charge on any atom is 0.265 e. The molecule has 2 heterocycles. The average molecular weight is 255 g/mol. The highest BCUT2D eigenvalue weighted by molar-refractivity contribution is 7.13. The summed E-state index contributed by atoms with van der Waals surface area (Å²) in [5.41, 5.74) is 5.80. The van der Waals surface area contributed by atoms with Gasteiger partial charge in [0.25, 0.3) is 5.91 Å². The fourth-order valence-electron chi connectivity index (χ4n) is 1.79. The summed E-state index contributed by atoms with van der Waals surface area (Å²) in [4.78, 5) is 18.8. The lowest BCUT2D eigenvalue weighted by molar-refractivity contribution is -0.0298. The van der Waals surface area contributed by atoms with Crippen LogP contribution in [0.3, 0.4) is 0 Å². The summed E-state index contributed by atoms with van der Waals surface area (Å²) in [5.74, 6) is 0.0320. The van der Waals surface area contributed by atoms with Crippen LogP contribution in [0.1, 0.15) is 21.6 Å². The van der Waals surface area contributed by atoms with Crippen LogP contribution in [0.4, 0.5) is 0 Å². The fraction of sp³-hybridized carbons (Fsp3) is 0.636. The number of thiazole rings is 1. The van der Waals surface area contributed by atoms with E-state index in [9.17, 15) is 4.79 Å². The average Bonchev–Trinajstić information content (AvgIpc) is 2.75. The van der Waals surface area contributed by atoms with Crippen molar-refractivity contribution < 1.29 is 9.53 Å². The monoisotopic (exact) mass is 255 g/mol. The van der Waals surface area contributed by atoms with Gasteiger partial charge in [0, 0.05) is 19.1 Å². The number of nitrogens with zero attached hydrogens (tertiary/aromatic N) is 2. The summed E-state index contributed by atoms with van der Waals surface area (Å²) in [5, 5.41) is 0.908. The van der Waals surface area contributed by atoms with Crippen LogP contribution in [0.25, 0.3) is 0 Å². The van der Waals surface area contributed by atoms with Gasteiger partial charge in [-0.2, -0.15) is 0 Å². The highest BCUT2D eigenvalue weighted by Gasteiger charge is 2.27. The van der Waals surface area contributed by atoms with Crippen LogP contribution in [0.2, 0.25) is 0 Å². The Bertz CT molecular complexity index is 405. The van der Waals surface area contributed by atoms with Crippen molar-refractivity contribution in [2.75, 3.05) is 19.7 Å². The van der Waals surface area contributed by atoms with Crippen LogP contribution in [-0.4, -0.2) is 47.6 Å². The van der Waals surface area contributed by atoms with Crippen molar-refractivity contribution in [3.05, 3.63) is 16.1 Å². The first-order valence-electron chi connectivity index (χ1n) is 5.67. The van der Waals surface area contributed by atoms with Crippen molar-refractivity contribution in [3.63, 3.8) is 0 Å². The summed E-state index contributed by atoms with van der Waals surface area (Å²) >= 11 is 1.42. The Kier molecular flexibility index (Phi) is 3.76. The van der Waals surface area contributed by atoms with Crippen LogP contribution < -0.4 is 5.73 Å². The first-order chi connectivity index (χ1) is 8.08. The number of ether oxygens (including phenoxy) is 1. The maximum absolute atomic E-state index is 12.2. The summed E-state index contributed by atoms with van der Waals surface area (Å²) in [6.45, 7) is 5.53. The number of hydrogen-bond acceptors (Lipinski definition) is 5. The molecule has 2 N–H and O–H groups in total. The molecule has 94 valence electrons. The van der Waals surface area contributed by atoms with Gasteiger partial charge in [-0.05, 0) is 13.8 Å². The van der Waals surface area contributed by atoms with E-state index in [1.165, 1.54) is 11.3 Å². The van der Waals surface area contributed by atoms with Crippen molar-refractivity contribution in [1.29, 1.82) is 0 Å². The van der Waals surface area contributed by atoms with Crippen LogP contribution in [0.15, 0.2) is 6.20 Å². The lowest BCUT2D eigenvalue weighted by atomic mass is 10.1. The minimum atomic E-state index is -0.0679. The van der Waals surface area contributed by atoms with Crippen LogP contribution in [0, 0.1) is 6.92 Å².